The fraction of sp³-hybridized carbons (Fsp3) is 0.955. The van der Waals surface area contributed by atoms with Crippen LogP contribution in [0.1, 0.15) is 51.4 Å². The zero-order chi connectivity index (χ0) is 24.3. The third-order valence-electron chi connectivity index (χ3n) is 7.21. The molecule has 33 heavy (non-hydrogen) atoms. The van der Waals surface area contributed by atoms with Crippen LogP contribution in [0.25, 0.3) is 0 Å². The SMILES string of the molecule is NC(CCCCB(O)O)(CCN(CCN1CCC(O)CC1)CCN1CCC(O)CC1)C(=O)O. The number of nitrogens with two attached hydrogens (primary N) is 1. The normalized spacial score (nSPS) is 21.4. The van der Waals surface area contributed by atoms with Crippen LogP contribution < -0.4 is 5.73 Å². The van der Waals surface area contributed by atoms with E-state index in [2.05, 4.69) is 14.7 Å². The molecular weight excluding hydrogens is 427 g/mol. The number of aliphatic hydroxyl groups excluding tert-OH is 2. The van der Waals surface area contributed by atoms with E-state index in [1.54, 1.807) is 0 Å². The Labute approximate surface area is 198 Å². The standard InChI is InChI=1S/C22H45BN4O6/c24-22(21(30)31,7-1-2-9-23(32)33)8-14-27(17-15-25-10-3-19(28)4-11-25)18-16-26-12-5-20(29)6-13-26/h19-20,28-29,32-33H,1-18,24H2,(H,30,31). The van der Waals surface area contributed by atoms with Crippen LogP contribution in [0.4, 0.5) is 0 Å². The molecule has 2 aliphatic rings. The summed E-state index contributed by atoms with van der Waals surface area (Å²) in [5, 5.41) is 47.2. The fourth-order valence-electron chi connectivity index (χ4n) is 4.65. The molecule has 0 aromatic rings. The molecule has 2 heterocycles. The number of carbonyl (C=O) groups is 1. The summed E-state index contributed by atoms with van der Waals surface area (Å²) in [4.78, 5) is 18.9. The fourth-order valence-corrected chi connectivity index (χ4v) is 4.65. The van der Waals surface area contributed by atoms with E-state index in [9.17, 15) is 20.1 Å². The Hall–Kier alpha value is -0.785. The lowest BCUT2D eigenvalue weighted by atomic mass is 9.81. The number of likely N-dealkylation sites (tertiary alicyclic amines) is 2. The number of rotatable bonds is 15. The molecule has 0 amide bonds. The molecule has 11 heteroatoms. The molecule has 2 aliphatic heterocycles. The van der Waals surface area contributed by atoms with Crippen LogP contribution in [0.3, 0.4) is 0 Å². The van der Waals surface area contributed by atoms with E-state index in [1.807, 2.05) is 0 Å². The first-order valence-electron chi connectivity index (χ1n) is 12.6. The molecule has 2 rings (SSSR count). The zero-order valence-electron chi connectivity index (χ0n) is 20.0. The van der Waals surface area contributed by atoms with Crippen LogP contribution in [-0.2, 0) is 4.79 Å². The minimum Gasteiger partial charge on any atom is -0.480 e. The smallest absolute Gasteiger partial charge is 0.451 e. The van der Waals surface area contributed by atoms with Crippen LogP contribution in [-0.4, -0.2) is 130 Å². The second-order valence-electron chi connectivity index (χ2n) is 9.92. The average molecular weight is 472 g/mol. The molecule has 7 N–H and O–H groups in total. The van der Waals surface area contributed by atoms with E-state index in [-0.39, 0.29) is 18.5 Å². The molecular formula is C22H45BN4O6. The Kier molecular flexibility index (Phi) is 12.6. The van der Waals surface area contributed by atoms with Crippen molar-refractivity contribution < 1.29 is 30.2 Å². The average Bonchev–Trinajstić information content (AvgIpc) is 2.78. The number of aliphatic hydroxyl groups is 2. The van der Waals surface area contributed by atoms with E-state index in [4.69, 9.17) is 15.8 Å². The third kappa shape index (κ3) is 11.0. The van der Waals surface area contributed by atoms with Crippen molar-refractivity contribution in [2.45, 2.75) is 75.4 Å². The Morgan fingerprint density at radius 3 is 1.79 bits per heavy atom. The van der Waals surface area contributed by atoms with E-state index in [0.717, 1.165) is 78.0 Å². The van der Waals surface area contributed by atoms with Gasteiger partial charge in [0.25, 0.3) is 0 Å². The van der Waals surface area contributed by atoms with Crippen molar-refractivity contribution in [2.24, 2.45) is 5.73 Å². The van der Waals surface area contributed by atoms with Crippen LogP contribution >= 0.6 is 0 Å². The predicted molar refractivity (Wildman–Crippen MR) is 128 cm³/mol. The van der Waals surface area contributed by atoms with E-state index < -0.39 is 18.6 Å². The van der Waals surface area contributed by atoms with Gasteiger partial charge in [-0.1, -0.05) is 12.8 Å². The summed E-state index contributed by atoms with van der Waals surface area (Å²) >= 11 is 0. The Morgan fingerprint density at radius 1 is 0.879 bits per heavy atom. The second kappa shape index (κ2) is 14.6. The van der Waals surface area contributed by atoms with Gasteiger partial charge in [-0.05, 0) is 44.8 Å². The van der Waals surface area contributed by atoms with Crippen molar-refractivity contribution in [2.75, 3.05) is 58.9 Å². The van der Waals surface area contributed by atoms with Gasteiger partial charge in [-0.2, -0.15) is 0 Å². The monoisotopic (exact) mass is 472 g/mol. The van der Waals surface area contributed by atoms with Crippen molar-refractivity contribution in [3.05, 3.63) is 0 Å². The van der Waals surface area contributed by atoms with Crippen molar-refractivity contribution in [3.8, 4) is 0 Å². The molecule has 0 aromatic heterocycles. The van der Waals surface area contributed by atoms with Gasteiger partial charge in [0.05, 0.1) is 12.2 Å². The van der Waals surface area contributed by atoms with Gasteiger partial charge in [0.1, 0.15) is 5.54 Å². The second-order valence-corrected chi connectivity index (χ2v) is 9.92. The number of nitrogens with zero attached hydrogens (tertiary/aromatic N) is 3. The predicted octanol–water partition coefficient (Wildman–Crippen LogP) is -0.983. The van der Waals surface area contributed by atoms with Crippen molar-refractivity contribution in [3.63, 3.8) is 0 Å². The minimum absolute atomic E-state index is 0.202. The molecule has 0 bridgehead atoms. The van der Waals surface area contributed by atoms with Crippen LogP contribution in [0.2, 0.25) is 6.32 Å². The summed E-state index contributed by atoms with van der Waals surface area (Å²) in [6, 6.07) is 0. The van der Waals surface area contributed by atoms with Gasteiger partial charge < -0.3 is 45.8 Å². The van der Waals surface area contributed by atoms with E-state index in [1.165, 1.54) is 0 Å². The molecule has 2 saturated heterocycles. The van der Waals surface area contributed by atoms with Gasteiger partial charge in [-0.25, -0.2) is 0 Å². The Balaban J connectivity index is 1.87. The highest BCUT2D eigenvalue weighted by molar-refractivity contribution is 6.40. The molecule has 10 nitrogen and oxygen atoms in total. The molecule has 0 radical (unpaired) electrons. The number of hydrogen-bond acceptors (Lipinski definition) is 9. The molecule has 192 valence electrons. The number of unbranched alkanes of at least 4 members (excludes halogenated alkanes) is 1. The minimum atomic E-state index is -1.37. The third-order valence-corrected chi connectivity index (χ3v) is 7.21. The van der Waals surface area contributed by atoms with Crippen molar-refractivity contribution >= 4 is 13.1 Å². The van der Waals surface area contributed by atoms with Crippen LogP contribution in [0.5, 0.6) is 0 Å². The number of carboxylic acids is 1. The Bertz CT molecular complexity index is 533. The molecule has 0 spiro atoms. The number of piperidine rings is 2. The maximum atomic E-state index is 11.9. The maximum absolute atomic E-state index is 11.9. The molecule has 1 unspecified atom stereocenters. The molecule has 0 aromatic carbocycles. The van der Waals surface area contributed by atoms with E-state index in [0.29, 0.717) is 32.2 Å². The number of aliphatic carboxylic acids is 1. The highest BCUT2D eigenvalue weighted by atomic mass is 16.4. The summed E-state index contributed by atoms with van der Waals surface area (Å²) in [6.07, 6.45) is 4.69. The highest BCUT2D eigenvalue weighted by Gasteiger charge is 2.34. The van der Waals surface area contributed by atoms with Gasteiger partial charge in [0.2, 0.25) is 0 Å². The lowest BCUT2D eigenvalue weighted by molar-refractivity contribution is -0.144. The first-order valence-corrected chi connectivity index (χ1v) is 12.6. The summed E-state index contributed by atoms with van der Waals surface area (Å²) < 4.78 is 0. The lowest BCUT2D eigenvalue weighted by Gasteiger charge is -2.35. The first-order chi connectivity index (χ1) is 15.7. The van der Waals surface area contributed by atoms with Gasteiger partial charge in [0, 0.05) is 58.9 Å². The topological polar surface area (TPSA) is 154 Å². The van der Waals surface area contributed by atoms with E-state index >= 15 is 0 Å². The lowest BCUT2D eigenvalue weighted by Crippen LogP contribution is -2.51. The van der Waals surface area contributed by atoms with Gasteiger partial charge >= 0.3 is 13.1 Å². The largest absolute Gasteiger partial charge is 0.480 e. The van der Waals surface area contributed by atoms with Crippen LogP contribution in [0.15, 0.2) is 0 Å². The summed E-state index contributed by atoms with van der Waals surface area (Å²) in [6.45, 7) is 7.50. The summed E-state index contributed by atoms with van der Waals surface area (Å²) in [7, 11) is -1.37. The first kappa shape index (κ1) is 28.5. The summed E-state index contributed by atoms with van der Waals surface area (Å²) in [5.74, 6) is -1.01. The molecule has 2 fully saturated rings. The highest BCUT2D eigenvalue weighted by Crippen LogP contribution is 2.19. The van der Waals surface area contributed by atoms with Crippen molar-refractivity contribution in [1.82, 2.24) is 14.7 Å². The summed E-state index contributed by atoms with van der Waals surface area (Å²) in [5.41, 5.74) is 4.96. The quantitative estimate of drug-likeness (QED) is 0.129. The number of carboxylic acid groups (broad SMARTS) is 1. The van der Waals surface area contributed by atoms with Crippen LogP contribution in [0, 0.1) is 0 Å². The maximum Gasteiger partial charge on any atom is 0.451 e. The van der Waals surface area contributed by atoms with Gasteiger partial charge in [-0.15, -0.1) is 0 Å². The number of hydrogen-bond donors (Lipinski definition) is 6. The zero-order valence-corrected chi connectivity index (χ0v) is 20.0. The molecule has 0 saturated carbocycles. The van der Waals surface area contributed by atoms with Gasteiger partial charge in [-0.3, -0.25) is 4.79 Å². The van der Waals surface area contributed by atoms with Crippen molar-refractivity contribution in [1.29, 1.82) is 0 Å². The van der Waals surface area contributed by atoms with Gasteiger partial charge in [0.15, 0.2) is 0 Å². The molecule has 1 atom stereocenters. The Morgan fingerprint density at radius 2 is 1.36 bits per heavy atom. The molecule has 0 aliphatic carbocycles.